The summed E-state index contributed by atoms with van der Waals surface area (Å²) in [5, 5.41) is 0. The van der Waals surface area contributed by atoms with Crippen LogP contribution in [0.1, 0.15) is 19.3 Å². The van der Waals surface area contributed by atoms with Gasteiger partial charge in [-0.2, -0.15) is 0 Å². The monoisotopic (exact) mass is 313 g/mol. The standard InChI is InChI=1S/C16H31N3O3/c1-17-9-11-19(12-10-17)15-3-6-18(7-4-15)8-5-16(20)22-14-13-21-2/h15H,3-14H2,1-2H3. The lowest BCUT2D eigenvalue weighted by Crippen LogP contribution is -2.52. The topological polar surface area (TPSA) is 45.3 Å². The van der Waals surface area contributed by atoms with Crippen LogP contribution in [0.5, 0.6) is 0 Å². The molecule has 22 heavy (non-hydrogen) atoms. The number of hydrogen-bond acceptors (Lipinski definition) is 6. The van der Waals surface area contributed by atoms with Crippen LogP contribution in [0.2, 0.25) is 0 Å². The van der Waals surface area contributed by atoms with E-state index in [0.29, 0.717) is 19.6 Å². The number of methoxy groups -OCH3 is 1. The van der Waals surface area contributed by atoms with E-state index in [0.717, 1.165) is 25.7 Å². The molecule has 0 spiro atoms. The molecular weight excluding hydrogens is 282 g/mol. The Kier molecular flexibility index (Phi) is 7.59. The van der Waals surface area contributed by atoms with Crippen LogP contribution < -0.4 is 0 Å². The van der Waals surface area contributed by atoms with Crippen LogP contribution in [-0.2, 0) is 14.3 Å². The fraction of sp³-hybridized carbons (Fsp3) is 0.938. The van der Waals surface area contributed by atoms with E-state index < -0.39 is 0 Å². The summed E-state index contributed by atoms with van der Waals surface area (Å²) in [4.78, 5) is 19.0. The first kappa shape index (κ1) is 17.7. The van der Waals surface area contributed by atoms with Crippen LogP contribution in [0, 0.1) is 0 Å². The Morgan fingerprint density at radius 1 is 1.05 bits per heavy atom. The molecule has 2 rings (SSSR count). The van der Waals surface area contributed by atoms with Gasteiger partial charge in [0.1, 0.15) is 6.61 Å². The second kappa shape index (κ2) is 9.45. The summed E-state index contributed by atoms with van der Waals surface area (Å²) in [5.74, 6) is -0.113. The maximum Gasteiger partial charge on any atom is 0.307 e. The van der Waals surface area contributed by atoms with Crippen LogP contribution in [0.4, 0.5) is 0 Å². The minimum absolute atomic E-state index is 0.113. The van der Waals surface area contributed by atoms with E-state index in [9.17, 15) is 4.79 Å². The van der Waals surface area contributed by atoms with Crippen molar-refractivity contribution in [3.8, 4) is 0 Å². The predicted octanol–water partition coefficient (Wildman–Crippen LogP) is 0.278. The van der Waals surface area contributed by atoms with Gasteiger partial charge in [-0.15, -0.1) is 0 Å². The van der Waals surface area contributed by atoms with E-state index in [-0.39, 0.29) is 5.97 Å². The zero-order valence-corrected chi connectivity index (χ0v) is 14.1. The molecule has 0 bridgehead atoms. The van der Waals surface area contributed by atoms with E-state index in [1.54, 1.807) is 7.11 Å². The van der Waals surface area contributed by atoms with Gasteiger partial charge in [-0.25, -0.2) is 0 Å². The molecule has 2 saturated heterocycles. The zero-order valence-electron chi connectivity index (χ0n) is 14.1. The summed E-state index contributed by atoms with van der Waals surface area (Å²) in [5.41, 5.74) is 0. The van der Waals surface area contributed by atoms with Crippen LogP contribution >= 0.6 is 0 Å². The molecule has 0 aromatic carbocycles. The number of likely N-dealkylation sites (tertiary alicyclic amines) is 1. The maximum atomic E-state index is 11.6. The lowest BCUT2D eigenvalue weighted by Gasteiger charge is -2.42. The molecule has 0 aromatic rings. The number of carbonyl (C=O) groups is 1. The highest BCUT2D eigenvalue weighted by Crippen LogP contribution is 2.18. The van der Waals surface area contributed by atoms with E-state index in [1.807, 2.05) is 0 Å². The van der Waals surface area contributed by atoms with Crippen molar-refractivity contribution < 1.29 is 14.3 Å². The van der Waals surface area contributed by atoms with Crippen LogP contribution in [0.25, 0.3) is 0 Å². The molecule has 0 radical (unpaired) electrons. The molecule has 2 fully saturated rings. The molecule has 0 aliphatic carbocycles. The highest BCUT2D eigenvalue weighted by molar-refractivity contribution is 5.69. The molecule has 6 heteroatoms. The molecule has 2 aliphatic rings. The fourth-order valence-corrected chi connectivity index (χ4v) is 3.26. The Balaban J connectivity index is 1.58. The number of piperazine rings is 1. The third kappa shape index (κ3) is 5.83. The van der Waals surface area contributed by atoms with Crippen LogP contribution in [0.15, 0.2) is 0 Å². The molecule has 0 aromatic heterocycles. The van der Waals surface area contributed by atoms with Gasteiger partial charge in [-0.05, 0) is 33.0 Å². The van der Waals surface area contributed by atoms with Gasteiger partial charge in [0.05, 0.1) is 13.0 Å². The number of nitrogens with zero attached hydrogens (tertiary/aromatic N) is 3. The molecule has 0 atom stereocenters. The van der Waals surface area contributed by atoms with Gasteiger partial charge in [-0.1, -0.05) is 0 Å². The number of hydrogen-bond donors (Lipinski definition) is 0. The van der Waals surface area contributed by atoms with E-state index in [2.05, 4.69) is 21.7 Å². The minimum Gasteiger partial charge on any atom is -0.463 e. The van der Waals surface area contributed by atoms with Gasteiger partial charge >= 0.3 is 5.97 Å². The second-order valence-corrected chi connectivity index (χ2v) is 6.38. The molecule has 2 aliphatic heterocycles. The van der Waals surface area contributed by atoms with Crippen molar-refractivity contribution in [3.05, 3.63) is 0 Å². The Hall–Kier alpha value is -0.690. The average Bonchev–Trinajstić information content (AvgIpc) is 2.54. The molecule has 0 N–H and O–H groups in total. The summed E-state index contributed by atoms with van der Waals surface area (Å²) in [6, 6.07) is 0.735. The average molecular weight is 313 g/mol. The Bertz CT molecular complexity index is 325. The lowest BCUT2D eigenvalue weighted by atomic mass is 10.0. The van der Waals surface area contributed by atoms with Gasteiger partial charge < -0.3 is 19.3 Å². The van der Waals surface area contributed by atoms with Crippen molar-refractivity contribution in [1.82, 2.24) is 14.7 Å². The summed E-state index contributed by atoms with van der Waals surface area (Å²) in [6.45, 7) is 8.63. The van der Waals surface area contributed by atoms with Gasteiger partial charge in [0.15, 0.2) is 0 Å². The normalized spacial score (nSPS) is 22.8. The van der Waals surface area contributed by atoms with E-state index >= 15 is 0 Å². The van der Waals surface area contributed by atoms with Gasteiger partial charge in [-0.3, -0.25) is 9.69 Å². The summed E-state index contributed by atoms with van der Waals surface area (Å²) >= 11 is 0. The molecule has 2 heterocycles. The fourth-order valence-electron chi connectivity index (χ4n) is 3.26. The Morgan fingerprint density at radius 3 is 2.36 bits per heavy atom. The Morgan fingerprint density at radius 2 is 1.73 bits per heavy atom. The zero-order chi connectivity index (χ0) is 15.8. The van der Waals surface area contributed by atoms with Crippen molar-refractivity contribution >= 4 is 5.97 Å². The van der Waals surface area contributed by atoms with Crippen molar-refractivity contribution in [2.75, 3.05) is 73.2 Å². The quantitative estimate of drug-likeness (QED) is 0.497. The third-order valence-corrected chi connectivity index (χ3v) is 4.79. The van der Waals surface area contributed by atoms with E-state index in [4.69, 9.17) is 9.47 Å². The molecule has 0 saturated carbocycles. The van der Waals surface area contributed by atoms with Crippen molar-refractivity contribution in [1.29, 1.82) is 0 Å². The molecule has 128 valence electrons. The number of esters is 1. The largest absolute Gasteiger partial charge is 0.463 e. The smallest absolute Gasteiger partial charge is 0.307 e. The van der Waals surface area contributed by atoms with Gasteiger partial charge in [0.25, 0.3) is 0 Å². The summed E-state index contributed by atoms with van der Waals surface area (Å²) in [7, 11) is 3.81. The first-order valence-corrected chi connectivity index (χ1v) is 8.48. The minimum atomic E-state index is -0.113. The molecular formula is C16H31N3O3. The summed E-state index contributed by atoms with van der Waals surface area (Å²) in [6.07, 6.45) is 2.94. The number of likely N-dealkylation sites (N-methyl/N-ethyl adjacent to an activating group) is 1. The van der Waals surface area contributed by atoms with Crippen molar-refractivity contribution in [2.45, 2.75) is 25.3 Å². The maximum absolute atomic E-state index is 11.6. The highest BCUT2D eigenvalue weighted by atomic mass is 16.6. The second-order valence-electron chi connectivity index (χ2n) is 6.38. The molecule has 6 nitrogen and oxygen atoms in total. The lowest BCUT2D eigenvalue weighted by molar-refractivity contribution is -0.145. The van der Waals surface area contributed by atoms with Crippen LogP contribution in [-0.4, -0.2) is 99.9 Å². The molecule has 0 amide bonds. The van der Waals surface area contributed by atoms with Gasteiger partial charge in [0, 0.05) is 45.9 Å². The summed E-state index contributed by atoms with van der Waals surface area (Å²) < 4.78 is 9.96. The number of ether oxygens (including phenoxy) is 2. The predicted molar refractivity (Wildman–Crippen MR) is 86.0 cm³/mol. The van der Waals surface area contributed by atoms with Crippen molar-refractivity contribution in [2.24, 2.45) is 0 Å². The first-order chi connectivity index (χ1) is 10.7. The third-order valence-electron chi connectivity index (χ3n) is 4.79. The van der Waals surface area contributed by atoms with Crippen LogP contribution in [0.3, 0.4) is 0 Å². The van der Waals surface area contributed by atoms with E-state index in [1.165, 1.54) is 39.0 Å². The van der Waals surface area contributed by atoms with Crippen molar-refractivity contribution in [3.63, 3.8) is 0 Å². The number of piperidine rings is 1. The first-order valence-electron chi connectivity index (χ1n) is 8.48. The highest BCUT2D eigenvalue weighted by Gasteiger charge is 2.26. The SMILES string of the molecule is COCCOC(=O)CCN1CCC(N2CCN(C)CC2)CC1. The Labute approximate surface area is 134 Å². The number of carbonyl (C=O) groups excluding carboxylic acids is 1. The molecule has 0 unspecified atom stereocenters. The number of rotatable bonds is 7. The van der Waals surface area contributed by atoms with Gasteiger partial charge in [0.2, 0.25) is 0 Å².